The van der Waals surface area contributed by atoms with Gasteiger partial charge in [-0.2, -0.15) is 0 Å². The van der Waals surface area contributed by atoms with Gasteiger partial charge < -0.3 is 20.1 Å². The van der Waals surface area contributed by atoms with E-state index in [0.29, 0.717) is 28.1 Å². The molecule has 0 unspecified atom stereocenters. The van der Waals surface area contributed by atoms with Crippen molar-refractivity contribution in [2.24, 2.45) is 0 Å². The van der Waals surface area contributed by atoms with Crippen LogP contribution in [0.1, 0.15) is 33.2 Å². The van der Waals surface area contributed by atoms with E-state index in [1.807, 2.05) is 0 Å². The van der Waals surface area contributed by atoms with Crippen molar-refractivity contribution >= 4 is 29.3 Å². The number of esters is 1. The van der Waals surface area contributed by atoms with Crippen molar-refractivity contribution in [3.05, 3.63) is 59.2 Å². The molecule has 0 radical (unpaired) electrons. The molecule has 2 aromatic rings. The van der Waals surface area contributed by atoms with Gasteiger partial charge in [-0.15, -0.1) is 0 Å². The zero-order valence-electron chi connectivity index (χ0n) is 16.4. The fraction of sp³-hybridized carbons (Fsp3) is 0.238. The first kappa shape index (κ1) is 21.6. The van der Waals surface area contributed by atoms with E-state index in [-0.39, 0.29) is 18.1 Å². The SMILES string of the molecule is CNC(=O)c1cccc(NC(=O)COC(=O)Cc2cc(C(C)=O)ccc2OC)c1. The van der Waals surface area contributed by atoms with Crippen LogP contribution < -0.4 is 15.4 Å². The number of Topliss-reactive ketones (excluding diaryl/α,β-unsaturated/α-hetero) is 1. The molecule has 29 heavy (non-hydrogen) atoms. The molecular weight excluding hydrogens is 376 g/mol. The van der Waals surface area contributed by atoms with Crippen molar-refractivity contribution in [3.63, 3.8) is 0 Å². The summed E-state index contributed by atoms with van der Waals surface area (Å²) in [5, 5.41) is 5.05. The van der Waals surface area contributed by atoms with Gasteiger partial charge in [0, 0.05) is 29.4 Å². The maximum atomic E-state index is 12.1. The highest BCUT2D eigenvalue weighted by molar-refractivity contribution is 5.97. The van der Waals surface area contributed by atoms with Crippen LogP contribution in [0.25, 0.3) is 0 Å². The highest BCUT2D eigenvalue weighted by atomic mass is 16.5. The normalized spacial score (nSPS) is 10.0. The first-order chi connectivity index (χ1) is 13.8. The molecule has 0 atom stereocenters. The summed E-state index contributed by atoms with van der Waals surface area (Å²) in [5.41, 5.74) is 1.73. The smallest absolute Gasteiger partial charge is 0.310 e. The van der Waals surface area contributed by atoms with Crippen LogP contribution in [0.5, 0.6) is 5.75 Å². The number of benzene rings is 2. The maximum absolute atomic E-state index is 12.1. The predicted molar refractivity (Wildman–Crippen MR) is 106 cm³/mol. The molecular formula is C21H22N2O6. The van der Waals surface area contributed by atoms with Crippen LogP contribution in [0.3, 0.4) is 0 Å². The molecule has 8 nitrogen and oxygen atoms in total. The highest BCUT2D eigenvalue weighted by Gasteiger charge is 2.14. The van der Waals surface area contributed by atoms with Crippen LogP contribution in [0.2, 0.25) is 0 Å². The second kappa shape index (κ2) is 10.0. The third-order valence-electron chi connectivity index (χ3n) is 4.02. The molecule has 8 heteroatoms. The predicted octanol–water partition coefficient (Wildman–Crippen LogP) is 1.98. The van der Waals surface area contributed by atoms with Gasteiger partial charge in [-0.05, 0) is 43.3 Å². The highest BCUT2D eigenvalue weighted by Crippen LogP contribution is 2.21. The van der Waals surface area contributed by atoms with Crippen LogP contribution in [0.4, 0.5) is 5.69 Å². The molecule has 0 aliphatic heterocycles. The number of hydrogen-bond donors (Lipinski definition) is 2. The first-order valence-corrected chi connectivity index (χ1v) is 8.79. The van der Waals surface area contributed by atoms with E-state index in [9.17, 15) is 19.2 Å². The number of methoxy groups -OCH3 is 1. The molecule has 0 spiro atoms. The molecule has 0 fully saturated rings. The van der Waals surface area contributed by atoms with Gasteiger partial charge in [-0.1, -0.05) is 6.07 Å². The number of ether oxygens (including phenoxy) is 2. The second-order valence-corrected chi connectivity index (χ2v) is 6.13. The number of carbonyl (C=O) groups is 4. The molecule has 0 saturated carbocycles. The Kier molecular flexibility index (Phi) is 7.47. The number of nitrogens with one attached hydrogen (secondary N) is 2. The Balaban J connectivity index is 1.94. The summed E-state index contributed by atoms with van der Waals surface area (Å²) in [6.45, 7) is 0.936. The van der Waals surface area contributed by atoms with Crippen LogP contribution in [-0.2, 0) is 20.7 Å². The fourth-order valence-corrected chi connectivity index (χ4v) is 2.57. The van der Waals surface area contributed by atoms with Crippen molar-refractivity contribution in [2.75, 3.05) is 26.1 Å². The zero-order chi connectivity index (χ0) is 21.4. The van der Waals surface area contributed by atoms with Crippen molar-refractivity contribution in [1.29, 1.82) is 0 Å². The lowest BCUT2D eigenvalue weighted by molar-refractivity contribution is -0.146. The van der Waals surface area contributed by atoms with Crippen molar-refractivity contribution < 1.29 is 28.7 Å². The van der Waals surface area contributed by atoms with Gasteiger partial charge in [0.2, 0.25) is 0 Å². The van der Waals surface area contributed by atoms with Gasteiger partial charge >= 0.3 is 5.97 Å². The number of carbonyl (C=O) groups excluding carboxylic acids is 4. The van der Waals surface area contributed by atoms with Crippen LogP contribution >= 0.6 is 0 Å². The summed E-state index contributed by atoms with van der Waals surface area (Å²) in [5.74, 6) is -1.16. The lowest BCUT2D eigenvalue weighted by Gasteiger charge is -2.10. The minimum atomic E-state index is -0.640. The van der Waals surface area contributed by atoms with Gasteiger partial charge in [0.1, 0.15) is 5.75 Å². The summed E-state index contributed by atoms with van der Waals surface area (Å²) in [6, 6.07) is 11.1. The van der Waals surface area contributed by atoms with E-state index in [4.69, 9.17) is 9.47 Å². The fourth-order valence-electron chi connectivity index (χ4n) is 2.57. The number of hydrogen-bond acceptors (Lipinski definition) is 6. The Bertz CT molecular complexity index is 939. The van der Waals surface area contributed by atoms with E-state index >= 15 is 0 Å². The van der Waals surface area contributed by atoms with Crippen molar-refractivity contribution in [3.8, 4) is 5.75 Å². The van der Waals surface area contributed by atoms with E-state index < -0.39 is 18.5 Å². The summed E-state index contributed by atoms with van der Waals surface area (Å²) in [7, 11) is 2.96. The minimum absolute atomic E-state index is 0.138. The second-order valence-electron chi connectivity index (χ2n) is 6.13. The average Bonchev–Trinajstić information content (AvgIpc) is 2.71. The third-order valence-corrected chi connectivity index (χ3v) is 4.02. The molecule has 0 bridgehead atoms. The van der Waals surface area contributed by atoms with Crippen molar-refractivity contribution in [2.45, 2.75) is 13.3 Å². The molecule has 152 valence electrons. The molecule has 2 aromatic carbocycles. The molecule has 0 saturated heterocycles. The summed E-state index contributed by atoms with van der Waals surface area (Å²) < 4.78 is 10.2. The molecule has 0 aliphatic carbocycles. The molecule has 2 N–H and O–H groups in total. The molecule has 0 aromatic heterocycles. The zero-order valence-corrected chi connectivity index (χ0v) is 16.4. The van der Waals surface area contributed by atoms with Gasteiger partial charge in [0.15, 0.2) is 12.4 Å². The van der Waals surface area contributed by atoms with Gasteiger partial charge in [0.25, 0.3) is 11.8 Å². The lowest BCUT2D eigenvalue weighted by atomic mass is 10.0. The Hall–Kier alpha value is -3.68. The van der Waals surface area contributed by atoms with Crippen LogP contribution in [-0.4, -0.2) is 44.3 Å². The molecule has 2 rings (SSSR count). The Morgan fingerprint density at radius 2 is 1.76 bits per heavy atom. The minimum Gasteiger partial charge on any atom is -0.496 e. The monoisotopic (exact) mass is 398 g/mol. The van der Waals surface area contributed by atoms with E-state index in [1.54, 1.807) is 36.4 Å². The quantitative estimate of drug-likeness (QED) is 0.520. The molecule has 0 aliphatic rings. The van der Waals surface area contributed by atoms with E-state index in [0.717, 1.165) is 0 Å². The third kappa shape index (κ3) is 6.17. The topological polar surface area (TPSA) is 111 Å². The first-order valence-electron chi connectivity index (χ1n) is 8.79. The summed E-state index contributed by atoms with van der Waals surface area (Å²) >= 11 is 0. The number of ketones is 1. The van der Waals surface area contributed by atoms with Crippen molar-refractivity contribution in [1.82, 2.24) is 5.32 Å². The Morgan fingerprint density at radius 3 is 2.41 bits per heavy atom. The Morgan fingerprint density at radius 1 is 1.00 bits per heavy atom. The van der Waals surface area contributed by atoms with Gasteiger partial charge in [-0.3, -0.25) is 19.2 Å². The Labute approximate surface area is 168 Å². The lowest BCUT2D eigenvalue weighted by Crippen LogP contribution is -2.22. The summed E-state index contributed by atoms with van der Waals surface area (Å²) in [6.07, 6.45) is -0.149. The largest absolute Gasteiger partial charge is 0.496 e. The molecule has 2 amide bonds. The molecule has 0 heterocycles. The summed E-state index contributed by atoms with van der Waals surface area (Å²) in [4.78, 5) is 47.3. The number of anilines is 1. The average molecular weight is 398 g/mol. The standard InChI is InChI=1S/C21H22N2O6/c1-13(24)14-7-8-18(28-3)16(9-14)11-20(26)29-12-19(25)23-17-6-4-5-15(10-17)21(27)22-2/h4-10H,11-12H2,1-3H3,(H,22,27)(H,23,25). The maximum Gasteiger partial charge on any atom is 0.310 e. The number of rotatable bonds is 8. The van der Waals surface area contributed by atoms with Crippen LogP contribution in [0, 0.1) is 0 Å². The number of amides is 2. The van der Waals surface area contributed by atoms with E-state index in [2.05, 4.69) is 10.6 Å². The van der Waals surface area contributed by atoms with Gasteiger partial charge in [0.05, 0.1) is 13.5 Å². The van der Waals surface area contributed by atoms with Crippen LogP contribution in [0.15, 0.2) is 42.5 Å². The van der Waals surface area contributed by atoms with E-state index in [1.165, 1.54) is 27.1 Å². The van der Waals surface area contributed by atoms with Gasteiger partial charge in [-0.25, -0.2) is 0 Å².